The highest BCUT2D eigenvalue weighted by Crippen LogP contribution is 2.36. The highest BCUT2D eigenvalue weighted by molar-refractivity contribution is 7.07. The van der Waals surface area contributed by atoms with Crippen LogP contribution in [0.2, 0.25) is 0 Å². The van der Waals surface area contributed by atoms with Crippen LogP contribution < -0.4 is 29.1 Å². The van der Waals surface area contributed by atoms with Crippen LogP contribution in [0.4, 0.5) is 5.69 Å². The summed E-state index contributed by atoms with van der Waals surface area (Å²) >= 11 is 1.21. The van der Waals surface area contributed by atoms with E-state index in [1.807, 2.05) is 12.1 Å². The number of aromatic nitrogens is 1. The first-order valence-corrected chi connectivity index (χ1v) is 14.4. The Labute approximate surface area is 256 Å². The maximum Gasteiger partial charge on any atom is 0.338 e. The van der Waals surface area contributed by atoms with Crippen molar-refractivity contribution in [1.82, 2.24) is 4.57 Å². The minimum absolute atomic E-state index is 0.00940. The summed E-state index contributed by atoms with van der Waals surface area (Å²) in [6.07, 6.45) is 1.75. The number of carbonyl (C=O) groups excluding carboxylic acids is 1. The third-order valence-electron chi connectivity index (χ3n) is 6.95. The van der Waals surface area contributed by atoms with Crippen molar-refractivity contribution >= 4 is 29.1 Å². The third-order valence-corrected chi connectivity index (χ3v) is 7.93. The van der Waals surface area contributed by atoms with E-state index in [-0.39, 0.29) is 30.0 Å². The van der Waals surface area contributed by atoms with Crippen molar-refractivity contribution in [3.63, 3.8) is 0 Å². The molecule has 0 N–H and O–H groups in total. The van der Waals surface area contributed by atoms with Crippen molar-refractivity contribution in [2.45, 2.75) is 26.5 Å². The fraction of sp³-hybridized carbons (Fsp3) is 0.219. The molecule has 11 nitrogen and oxygen atoms in total. The van der Waals surface area contributed by atoms with Crippen molar-refractivity contribution in [3.8, 4) is 17.2 Å². The Bertz CT molecular complexity index is 1940. The number of allylic oxidation sites excluding steroid dienone is 1. The quantitative estimate of drug-likeness (QED) is 0.147. The summed E-state index contributed by atoms with van der Waals surface area (Å²) in [5.41, 5.74) is 2.54. The molecule has 0 fully saturated rings. The summed E-state index contributed by atoms with van der Waals surface area (Å²) in [5.74, 6) is 0.975. The van der Waals surface area contributed by atoms with Gasteiger partial charge in [0.1, 0.15) is 12.4 Å². The highest BCUT2D eigenvalue weighted by atomic mass is 32.1. The summed E-state index contributed by atoms with van der Waals surface area (Å²) in [5, 5.41) is 10.9. The van der Waals surface area contributed by atoms with Crippen LogP contribution in [0.5, 0.6) is 17.2 Å². The van der Waals surface area contributed by atoms with Crippen LogP contribution in [0.3, 0.4) is 0 Å². The molecule has 0 saturated carbocycles. The number of hydrogen-bond acceptors (Lipinski definition) is 10. The van der Waals surface area contributed by atoms with Crippen LogP contribution in [0.1, 0.15) is 36.6 Å². The molecule has 1 atom stereocenters. The van der Waals surface area contributed by atoms with Gasteiger partial charge in [0.25, 0.3) is 11.2 Å². The number of benzene rings is 3. The molecule has 1 unspecified atom stereocenters. The number of thiazole rings is 1. The molecule has 5 rings (SSSR count). The molecule has 0 spiro atoms. The van der Waals surface area contributed by atoms with E-state index in [9.17, 15) is 19.7 Å². The Morgan fingerprint density at radius 3 is 2.50 bits per heavy atom. The molecule has 0 bridgehead atoms. The lowest BCUT2D eigenvalue weighted by atomic mass is 9.95. The Morgan fingerprint density at radius 1 is 1.07 bits per heavy atom. The van der Waals surface area contributed by atoms with Gasteiger partial charge in [-0.3, -0.25) is 19.5 Å². The number of esters is 1. The van der Waals surface area contributed by atoms with E-state index < -0.39 is 16.9 Å². The van der Waals surface area contributed by atoms with Gasteiger partial charge < -0.3 is 18.9 Å². The fourth-order valence-corrected chi connectivity index (χ4v) is 5.90. The average molecular weight is 616 g/mol. The normalized spacial score (nSPS) is 14.5. The molecule has 0 amide bonds. The van der Waals surface area contributed by atoms with Gasteiger partial charge in [-0.1, -0.05) is 29.5 Å². The number of nitro benzene ring substituents is 1. The zero-order valence-electron chi connectivity index (χ0n) is 24.4. The number of methoxy groups -OCH3 is 2. The summed E-state index contributed by atoms with van der Waals surface area (Å²) in [7, 11) is 3.05. The van der Waals surface area contributed by atoms with E-state index in [4.69, 9.17) is 18.9 Å². The lowest BCUT2D eigenvalue weighted by Crippen LogP contribution is -2.39. The monoisotopic (exact) mass is 615 g/mol. The molecule has 0 saturated heterocycles. The van der Waals surface area contributed by atoms with Gasteiger partial charge in [-0.25, -0.2) is 9.79 Å². The molecule has 12 heteroatoms. The number of non-ortho nitro benzene ring substituents is 1. The van der Waals surface area contributed by atoms with Crippen LogP contribution in [0, 0.1) is 10.1 Å². The van der Waals surface area contributed by atoms with Crippen molar-refractivity contribution in [3.05, 3.63) is 124 Å². The minimum atomic E-state index is -0.802. The van der Waals surface area contributed by atoms with Crippen LogP contribution in [0.15, 0.2) is 87.8 Å². The molecule has 3 aromatic carbocycles. The van der Waals surface area contributed by atoms with Gasteiger partial charge in [0, 0.05) is 12.1 Å². The largest absolute Gasteiger partial charge is 0.493 e. The second kappa shape index (κ2) is 13.0. The first-order chi connectivity index (χ1) is 21.2. The Hall–Kier alpha value is -5.23. The number of rotatable bonds is 10. The summed E-state index contributed by atoms with van der Waals surface area (Å²) < 4.78 is 24.1. The molecule has 4 aromatic rings. The minimum Gasteiger partial charge on any atom is -0.493 e. The fourth-order valence-electron chi connectivity index (χ4n) is 4.86. The van der Waals surface area contributed by atoms with Crippen LogP contribution in [-0.4, -0.2) is 36.3 Å². The second-order valence-corrected chi connectivity index (χ2v) is 10.7. The van der Waals surface area contributed by atoms with Crippen molar-refractivity contribution in [2.24, 2.45) is 4.99 Å². The van der Waals surface area contributed by atoms with Gasteiger partial charge in [0.05, 0.1) is 47.6 Å². The predicted octanol–water partition coefficient (Wildman–Crippen LogP) is 4.30. The van der Waals surface area contributed by atoms with Crippen LogP contribution in [-0.2, 0) is 16.1 Å². The zero-order chi connectivity index (χ0) is 31.4. The molecule has 0 aliphatic carbocycles. The lowest BCUT2D eigenvalue weighted by Gasteiger charge is -2.25. The third kappa shape index (κ3) is 6.11. The Morgan fingerprint density at radius 2 is 1.82 bits per heavy atom. The molecule has 0 radical (unpaired) electrons. The van der Waals surface area contributed by atoms with Crippen LogP contribution >= 0.6 is 11.3 Å². The van der Waals surface area contributed by atoms with Crippen molar-refractivity contribution in [2.75, 3.05) is 20.8 Å². The van der Waals surface area contributed by atoms with Gasteiger partial charge in [-0.2, -0.15) is 0 Å². The summed E-state index contributed by atoms with van der Waals surface area (Å²) in [6, 6.07) is 17.8. The van der Waals surface area contributed by atoms with E-state index in [0.717, 1.165) is 11.1 Å². The van der Waals surface area contributed by atoms with Gasteiger partial charge >= 0.3 is 5.97 Å². The number of nitrogens with zero attached hydrogens (tertiary/aromatic N) is 3. The van der Waals surface area contributed by atoms with E-state index >= 15 is 0 Å². The zero-order valence-corrected chi connectivity index (χ0v) is 25.3. The van der Waals surface area contributed by atoms with Crippen LogP contribution in [0.25, 0.3) is 6.08 Å². The molecule has 1 aliphatic rings. The lowest BCUT2D eigenvalue weighted by molar-refractivity contribution is -0.384. The summed E-state index contributed by atoms with van der Waals surface area (Å²) in [6.45, 7) is 3.83. The molecule has 1 aliphatic heterocycles. The maximum absolute atomic E-state index is 14.0. The molecular formula is C32H29N3O8S. The molecule has 2 heterocycles. The Kier molecular flexibility index (Phi) is 8.91. The summed E-state index contributed by atoms with van der Waals surface area (Å²) in [4.78, 5) is 42.6. The topological polar surface area (TPSA) is 131 Å². The smallest absolute Gasteiger partial charge is 0.338 e. The maximum atomic E-state index is 14.0. The predicted molar refractivity (Wildman–Crippen MR) is 164 cm³/mol. The van der Waals surface area contributed by atoms with Gasteiger partial charge in [-0.05, 0) is 73.0 Å². The van der Waals surface area contributed by atoms with E-state index in [2.05, 4.69) is 4.99 Å². The molecule has 1 aromatic heterocycles. The van der Waals surface area contributed by atoms with Gasteiger partial charge in [0.15, 0.2) is 16.3 Å². The number of hydrogen-bond donors (Lipinski definition) is 0. The number of fused-ring (bicyclic) bond motifs is 1. The average Bonchev–Trinajstić information content (AvgIpc) is 3.33. The SMILES string of the molecule is CCOC(=O)C1=C(C)N=c2s/c(=C\c3cccc(OCc4ccc([N+](=O)[O-])cc4)c3)c(=O)n2C1c1ccc(OC)c(OC)c1. The van der Waals surface area contributed by atoms with Crippen molar-refractivity contribution in [1.29, 1.82) is 0 Å². The van der Waals surface area contributed by atoms with E-state index in [1.165, 1.54) is 42.3 Å². The standard InChI is InChI=1S/C32H29N3O8S/c1-5-42-31(37)28-19(2)33-32-34(29(28)22-11-14-25(40-3)26(17-22)41-4)30(36)27(44-32)16-21-7-6-8-24(15-21)43-18-20-9-12-23(13-10-20)35(38)39/h6-17,29H,5,18H2,1-4H3/b27-16-. The van der Waals surface area contributed by atoms with Gasteiger partial charge in [-0.15, -0.1) is 0 Å². The first kappa shape index (κ1) is 30.2. The number of nitro groups is 1. The van der Waals surface area contributed by atoms with Crippen molar-refractivity contribution < 1.29 is 28.7 Å². The molecule has 44 heavy (non-hydrogen) atoms. The molecular weight excluding hydrogens is 586 g/mol. The van der Waals surface area contributed by atoms with Gasteiger partial charge in [0.2, 0.25) is 0 Å². The number of ether oxygens (including phenoxy) is 4. The van der Waals surface area contributed by atoms with E-state index in [1.54, 1.807) is 62.4 Å². The Balaban J connectivity index is 1.53. The first-order valence-electron chi connectivity index (χ1n) is 13.6. The molecule has 226 valence electrons. The van der Waals surface area contributed by atoms with E-state index in [0.29, 0.717) is 37.8 Å². The highest BCUT2D eigenvalue weighted by Gasteiger charge is 2.34. The second-order valence-electron chi connectivity index (χ2n) is 9.70. The number of carbonyl (C=O) groups is 1.